The fourth-order valence-electron chi connectivity index (χ4n) is 6.60. The molecule has 130 valence electrons. The van der Waals surface area contributed by atoms with E-state index in [-0.39, 0.29) is 16.8 Å². The number of rotatable bonds is 4. The van der Waals surface area contributed by atoms with Crippen molar-refractivity contribution in [2.45, 2.75) is 58.8 Å². The Kier molecular flexibility index (Phi) is 3.60. The predicted molar refractivity (Wildman–Crippen MR) is 86.7 cm³/mol. The van der Waals surface area contributed by atoms with E-state index in [2.05, 4.69) is 13.0 Å². The van der Waals surface area contributed by atoms with Gasteiger partial charge >= 0.3 is 11.9 Å². The van der Waals surface area contributed by atoms with Crippen LogP contribution in [0.5, 0.6) is 0 Å². The fourth-order valence-corrected chi connectivity index (χ4v) is 6.60. The molecule has 0 aromatic heterocycles. The number of carbonyl (C=O) groups excluding carboxylic acids is 1. The van der Waals surface area contributed by atoms with Gasteiger partial charge in [0.25, 0.3) is 0 Å². The molecule has 5 heteroatoms. The van der Waals surface area contributed by atoms with Gasteiger partial charge in [0, 0.05) is 5.57 Å². The van der Waals surface area contributed by atoms with Crippen LogP contribution < -0.4 is 0 Å². The first-order chi connectivity index (χ1) is 11.1. The fraction of sp³-hybridized carbons (Fsp3) is 0.737. The molecule has 4 rings (SSSR count). The number of nitriles is 1. The number of esters is 1. The number of hydrogen-bond acceptors (Lipinski definition) is 4. The van der Waals surface area contributed by atoms with Crippen LogP contribution in [0.25, 0.3) is 0 Å². The number of hydrogen-bond donors (Lipinski definition) is 1. The SMILES string of the molecule is COC(=O)C12CC3(C)CC(C#N)(CC(CC=C(C)C(=O)O)(C3)C1)C2. The molecule has 0 aromatic carbocycles. The maximum Gasteiger partial charge on any atom is 0.330 e. The van der Waals surface area contributed by atoms with Gasteiger partial charge in [0.15, 0.2) is 0 Å². The van der Waals surface area contributed by atoms with Crippen molar-refractivity contribution >= 4 is 11.9 Å². The van der Waals surface area contributed by atoms with E-state index < -0.39 is 16.8 Å². The zero-order chi connectivity index (χ0) is 17.8. The summed E-state index contributed by atoms with van der Waals surface area (Å²) in [6, 6.07) is 2.53. The lowest BCUT2D eigenvalue weighted by Crippen LogP contribution is -2.62. The van der Waals surface area contributed by atoms with Crippen LogP contribution in [0.4, 0.5) is 0 Å². The number of ether oxygens (including phenoxy) is 1. The third kappa shape index (κ3) is 2.44. The van der Waals surface area contributed by atoms with E-state index in [4.69, 9.17) is 9.84 Å². The summed E-state index contributed by atoms with van der Waals surface area (Å²) in [7, 11) is 1.42. The van der Waals surface area contributed by atoms with Gasteiger partial charge in [-0.15, -0.1) is 0 Å². The highest BCUT2D eigenvalue weighted by molar-refractivity contribution is 5.85. The average molecular weight is 331 g/mol. The highest BCUT2D eigenvalue weighted by atomic mass is 16.5. The van der Waals surface area contributed by atoms with Crippen LogP contribution in [0.2, 0.25) is 0 Å². The summed E-state index contributed by atoms with van der Waals surface area (Å²) >= 11 is 0. The van der Waals surface area contributed by atoms with Crippen molar-refractivity contribution in [2.24, 2.45) is 21.7 Å². The molecule has 4 saturated carbocycles. The Balaban J connectivity index is 2.03. The van der Waals surface area contributed by atoms with Crippen molar-refractivity contribution in [2.75, 3.05) is 7.11 Å². The van der Waals surface area contributed by atoms with Gasteiger partial charge < -0.3 is 9.84 Å². The summed E-state index contributed by atoms with van der Waals surface area (Å²) in [5.41, 5.74) is -0.968. The quantitative estimate of drug-likeness (QED) is 0.629. The maximum atomic E-state index is 12.6. The molecule has 0 amide bonds. The molecule has 4 aliphatic carbocycles. The van der Waals surface area contributed by atoms with Crippen LogP contribution in [0, 0.1) is 33.0 Å². The van der Waals surface area contributed by atoms with E-state index in [0.29, 0.717) is 24.8 Å². The second kappa shape index (κ2) is 5.08. The van der Waals surface area contributed by atoms with Crippen LogP contribution in [-0.2, 0) is 14.3 Å². The zero-order valence-electron chi connectivity index (χ0n) is 14.6. The first-order valence-electron chi connectivity index (χ1n) is 8.51. The van der Waals surface area contributed by atoms with Crippen LogP contribution in [-0.4, -0.2) is 24.2 Å². The van der Waals surface area contributed by atoms with Gasteiger partial charge in [-0.25, -0.2) is 4.79 Å². The summed E-state index contributed by atoms with van der Waals surface area (Å²) in [5.74, 6) is -1.11. The minimum atomic E-state index is -0.913. The first-order valence-corrected chi connectivity index (χ1v) is 8.51. The van der Waals surface area contributed by atoms with Crippen molar-refractivity contribution in [3.8, 4) is 6.07 Å². The first kappa shape index (κ1) is 17.0. The smallest absolute Gasteiger partial charge is 0.330 e. The third-order valence-corrected chi connectivity index (χ3v) is 6.47. The zero-order valence-corrected chi connectivity index (χ0v) is 14.6. The Morgan fingerprint density at radius 1 is 1.21 bits per heavy atom. The third-order valence-electron chi connectivity index (χ3n) is 6.47. The van der Waals surface area contributed by atoms with E-state index in [1.54, 1.807) is 13.0 Å². The Labute approximate surface area is 142 Å². The number of allylic oxidation sites excluding steroid dienone is 1. The van der Waals surface area contributed by atoms with Gasteiger partial charge in [-0.1, -0.05) is 13.0 Å². The molecule has 4 fully saturated rings. The normalized spacial score (nSPS) is 43.3. The number of nitrogens with zero attached hydrogens (tertiary/aromatic N) is 1. The molecule has 0 spiro atoms. The topological polar surface area (TPSA) is 87.4 Å². The summed E-state index contributed by atoms with van der Waals surface area (Å²) in [4.78, 5) is 23.7. The Bertz CT molecular complexity index is 677. The van der Waals surface area contributed by atoms with Crippen LogP contribution in [0.1, 0.15) is 58.8 Å². The van der Waals surface area contributed by atoms with E-state index in [1.165, 1.54) is 7.11 Å². The lowest BCUT2D eigenvalue weighted by atomic mass is 9.35. The lowest BCUT2D eigenvalue weighted by molar-refractivity contribution is -0.202. The minimum absolute atomic E-state index is 0.0519. The van der Waals surface area contributed by atoms with Crippen molar-refractivity contribution in [3.05, 3.63) is 11.6 Å². The van der Waals surface area contributed by atoms with Crippen molar-refractivity contribution in [1.82, 2.24) is 0 Å². The maximum absolute atomic E-state index is 12.6. The molecule has 24 heavy (non-hydrogen) atoms. The van der Waals surface area contributed by atoms with Crippen LogP contribution >= 0.6 is 0 Å². The monoisotopic (exact) mass is 331 g/mol. The van der Waals surface area contributed by atoms with E-state index >= 15 is 0 Å². The molecule has 0 heterocycles. The highest BCUT2D eigenvalue weighted by Crippen LogP contribution is 2.74. The molecule has 0 aliphatic heterocycles. The van der Waals surface area contributed by atoms with Gasteiger partial charge in [0.05, 0.1) is 24.0 Å². The molecular formula is C19H25NO4. The van der Waals surface area contributed by atoms with Crippen molar-refractivity contribution in [1.29, 1.82) is 5.26 Å². The molecule has 0 aromatic rings. The molecular weight excluding hydrogens is 306 g/mol. The van der Waals surface area contributed by atoms with Gasteiger partial charge in [0.1, 0.15) is 0 Å². The molecule has 4 bridgehead atoms. The van der Waals surface area contributed by atoms with Gasteiger partial charge in [0.2, 0.25) is 0 Å². The van der Waals surface area contributed by atoms with Crippen molar-refractivity contribution in [3.63, 3.8) is 0 Å². The van der Waals surface area contributed by atoms with Gasteiger partial charge in [-0.05, 0) is 62.7 Å². The molecule has 0 radical (unpaired) electrons. The number of methoxy groups -OCH3 is 1. The highest BCUT2D eigenvalue weighted by Gasteiger charge is 2.69. The summed E-state index contributed by atoms with van der Waals surface area (Å²) in [6.45, 7) is 3.78. The Morgan fingerprint density at radius 2 is 1.92 bits per heavy atom. The number of carbonyl (C=O) groups is 2. The second-order valence-electron chi connectivity index (χ2n) is 8.93. The van der Waals surface area contributed by atoms with Crippen LogP contribution in [0.3, 0.4) is 0 Å². The molecule has 4 atom stereocenters. The van der Waals surface area contributed by atoms with Crippen molar-refractivity contribution < 1.29 is 19.4 Å². The Hall–Kier alpha value is -1.83. The van der Waals surface area contributed by atoms with E-state index in [9.17, 15) is 14.9 Å². The summed E-state index contributed by atoms with van der Waals surface area (Å²) < 4.78 is 5.12. The second-order valence-corrected chi connectivity index (χ2v) is 8.93. The molecule has 1 N–H and O–H groups in total. The number of carboxylic acid groups (broad SMARTS) is 1. The van der Waals surface area contributed by atoms with Gasteiger partial charge in [-0.3, -0.25) is 4.79 Å². The minimum Gasteiger partial charge on any atom is -0.478 e. The van der Waals surface area contributed by atoms with E-state index in [1.807, 2.05) is 0 Å². The number of carboxylic acids is 1. The van der Waals surface area contributed by atoms with E-state index in [0.717, 1.165) is 25.7 Å². The lowest BCUT2D eigenvalue weighted by Gasteiger charge is -2.67. The average Bonchev–Trinajstić information content (AvgIpc) is 2.49. The van der Waals surface area contributed by atoms with Crippen LogP contribution in [0.15, 0.2) is 11.6 Å². The summed E-state index contributed by atoms with van der Waals surface area (Å²) in [5, 5.41) is 19.0. The molecule has 4 aliphatic rings. The largest absolute Gasteiger partial charge is 0.478 e. The summed E-state index contributed by atoms with van der Waals surface area (Å²) in [6.07, 6.45) is 6.99. The molecule has 4 unspecified atom stereocenters. The standard InChI is InChI=1S/C19H25NO4/c1-13(14(21)22)4-5-17-6-16(2)7-18(9-17,12-20)11-19(8-16,10-17)15(23)24-3/h4H,5-11H2,1-3H3,(H,21,22). The number of aliphatic carboxylic acids is 1. The predicted octanol–water partition coefficient (Wildman–Crippen LogP) is 3.45. The molecule has 0 saturated heterocycles. The molecule has 5 nitrogen and oxygen atoms in total. The Morgan fingerprint density at radius 3 is 2.50 bits per heavy atom. The van der Waals surface area contributed by atoms with Gasteiger partial charge in [-0.2, -0.15) is 5.26 Å².